The fraction of sp³-hybridized carbons (Fsp3) is 0.312. The first-order chi connectivity index (χ1) is 9.85. The summed E-state index contributed by atoms with van der Waals surface area (Å²) in [5, 5.41) is 3.39. The minimum Gasteiger partial charge on any atom is -0.454 e. The van der Waals surface area contributed by atoms with Crippen molar-refractivity contribution in [2.45, 2.75) is 24.8 Å². The summed E-state index contributed by atoms with van der Waals surface area (Å²) < 4.78 is 6.04. The molecule has 1 aromatic heterocycles. The molecule has 0 spiro atoms. The normalized spacial score (nSPS) is 10.5. The predicted molar refractivity (Wildman–Crippen MR) is 84.5 cm³/mol. The van der Waals surface area contributed by atoms with Crippen LogP contribution in [0.5, 0.6) is 11.5 Å². The van der Waals surface area contributed by atoms with Crippen LogP contribution in [-0.4, -0.2) is 17.8 Å². The highest BCUT2D eigenvalue weighted by Gasteiger charge is 2.07. The lowest BCUT2D eigenvalue weighted by molar-refractivity contribution is 0.459. The average molecular weight is 288 g/mol. The Labute approximate surface area is 124 Å². The van der Waals surface area contributed by atoms with E-state index in [1.54, 1.807) is 24.2 Å². The largest absolute Gasteiger partial charge is 0.454 e. The van der Waals surface area contributed by atoms with E-state index in [0.29, 0.717) is 0 Å². The zero-order chi connectivity index (χ0) is 14.2. The molecule has 0 unspecified atom stereocenters. The van der Waals surface area contributed by atoms with Crippen LogP contribution < -0.4 is 10.1 Å². The summed E-state index contributed by atoms with van der Waals surface area (Å²) in [5.74, 6) is 1.70. The number of nitrogens with one attached hydrogen (secondary N) is 1. The fourth-order valence-electron chi connectivity index (χ4n) is 1.87. The lowest BCUT2D eigenvalue weighted by Crippen LogP contribution is -2.14. The van der Waals surface area contributed by atoms with E-state index in [0.717, 1.165) is 41.5 Å². The number of nitrogens with zero attached hydrogens (tertiary/aromatic N) is 1. The van der Waals surface area contributed by atoms with E-state index < -0.39 is 0 Å². The number of benzene rings is 1. The summed E-state index contributed by atoms with van der Waals surface area (Å²) in [4.78, 5) is 5.29. The van der Waals surface area contributed by atoms with Gasteiger partial charge in [0.15, 0.2) is 0 Å². The molecule has 0 amide bonds. The van der Waals surface area contributed by atoms with Crippen LogP contribution in [0.15, 0.2) is 47.6 Å². The second-order valence-corrected chi connectivity index (χ2v) is 5.26. The summed E-state index contributed by atoms with van der Waals surface area (Å²) in [7, 11) is 0. The fourth-order valence-corrected chi connectivity index (χ4v) is 2.39. The SMILES string of the molecule is CCCNCc1ccncc1Oc1ccccc1SC. The average Bonchev–Trinajstić information content (AvgIpc) is 2.50. The predicted octanol–water partition coefficient (Wildman–Crippen LogP) is 4.10. The summed E-state index contributed by atoms with van der Waals surface area (Å²) in [6, 6.07) is 10.1. The Bertz CT molecular complexity index is 546. The van der Waals surface area contributed by atoms with Gasteiger partial charge in [-0.1, -0.05) is 19.1 Å². The number of thioether (sulfide) groups is 1. The Morgan fingerprint density at radius 3 is 2.85 bits per heavy atom. The molecule has 0 saturated heterocycles. The highest BCUT2D eigenvalue weighted by molar-refractivity contribution is 7.98. The standard InChI is InChI=1S/C16H20N2OS/c1-3-9-17-11-13-8-10-18-12-15(13)19-14-6-4-5-7-16(14)20-2/h4-8,10,12,17H,3,9,11H2,1-2H3. The van der Waals surface area contributed by atoms with Crippen molar-refractivity contribution in [1.82, 2.24) is 10.3 Å². The molecule has 106 valence electrons. The third-order valence-electron chi connectivity index (χ3n) is 2.90. The molecule has 4 heteroatoms. The molecule has 1 N–H and O–H groups in total. The summed E-state index contributed by atoms with van der Waals surface area (Å²) in [5.41, 5.74) is 1.13. The van der Waals surface area contributed by atoms with Crippen LogP contribution >= 0.6 is 11.8 Å². The van der Waals surface area contributed by atoms with Gasteiger partial charge in [-0.3, -0.25) is 4.98 Å². The van der Waals surface area contributed by atoms with Gasteiger partial charge < -0.3 is 10.1 Å². The molecule has 2 aromatic rings. The van der Waals surface area contributed by atoms with E-state index in [1.807, 2.05) is 24.3 Å². The van der Waals surface area contributed by atoms with Crippen molar-refractivity contribution in [3.8, 4) is 11.5 Å². The number of ether oxygens (including phenoxy) is 1. The Balaban J connectivity index is 2.16. The Morgan fingerprint density at radius 1 is 1.20 bits per heavy atom. The van der Waals surface area contributed by atoms with Crippen LogP contribution in [0.25, 0.3) is 0 Å². The van der Waals surface area contributed by atoms with Crippen LogP contribution in [0.2, 0.25) is 0 Å². The molecule has 1 aromatic carbocycles. The van der Waals surface area contributed by atoms with Crippen molar-refractivity contribution in [3.05, 3.63) is 48.3 Å². The first-order valence-corrected chi connectivity index (χ1v) is 8.02. The van der Waals surface area contributed by atoms with Crippen LogP contribution in [-0.2, 0) is 6.54 Å². The van der Waals surface area contributed by atoms with Crippen molar-refractivity contribution >= 4 is 11.8 Å². The lowest BCUT2D eigenvalue weighted by atomic mass is 10.2. The van der Waals surface area contributed by atoms with Crippen LogP contribution in [0.4, 0.5) is 0 Å². The van der Waals surface area contributed by atoms with Gasteiger partial charge in [0.05, 0.1) is 6.20 Å². The number of rotatable bonds is 7. The molecule has 1 heterocycles. The molecule has 0 radical (unpaired) electrons. The van der Waals surface area contributed by atoms with E-state index in [9.17, 15) is 0 Å². The second kappa shape index (κ2) is 7.92. The molecule has 0 aliphatic heterocycles. The summed E-state index contributed by atoms with van der Waals surface area (Å²) in [6.45, 7) is 3.96. The van der Waals surface area contributed by atoms with Gasteiger partial charge in [-0.05, 0) is 37.4 Å². The monoisotopic (exact) mass is 288 g/mol. The Hall–Kier alpha value is -1.52. The molecule has 3 nitrogen and oxygen atoms in total. The number of aromatic nitrogens is 1. The van der Waals surface area contributed by atoms with E-state index in [1.165, 1.54) is 0 Å². The molecule has 2 rings (SSSR count). The van der Waals surface area contributed by atoms with Gasteiger partial charge in [0, 0.05) is 23.2 Å². The zero-order valence-electron chi connectivity index (χ0n) is 11.9. The van der Waals surface area contributed by atoms with Crippen LogP contribution in [0.1, 0.15) is 18.9 Å². The first-order valence-electron chi connectivity index (χ1n) is 6.79. The van der Waals surface area contributed by atoms with Gasteiger partial charge in [0.1, 0.15) is 11.5 Å². The maximum atomic E-state index is 6.04. The van der Waals surface area contributed by atoms with Gasteiger partial charge in [-0.2, -0.15) is 0 Å². The van der Waals surface area contributed by atoms with Gasteiger partial charge >= 0.3 is 0 Å². The van der Waals surface area contributed by atoms with Gasteiger partial charge in [0.2, 0.25) is 0 Å². The number of hydrogen-bond donors (Lipinski definition) is 1. The van der Waals surface area contributed by atoms with E-state index in [4.69, 9.17) is 4.74 Å². The summed E-state index contributed by atoms with van der Waals surface area (Å²) in [6.07, 6.45) is 6.75. The molecule has 0 fully saturated rings. The number of hydrogen-bond acceptors (Lipinski definition) is 4. The smallest absolute Gasteiger partial charge is 0.150 e. The van der Waals surface area contributed by atoms with Crippen molar-refractivity contribution < 1.29 is 4.74 Å². The highest BCUT2D eigenvalue weighted by Crippen LogP contribution is 2.32. The summed E-state index contributed by atoms with van der Waals surface area (Å²) >= 11 is 1.68. The van der Waals surface area contributed by atoms with E-state index >= 15 is 0 Å². The minimum absolute atomic E-state index is 0.799. The van der Waals surface area contributed by atoms with E-state index in [-0.39, 0.29) is 0 Å². The molecule has 0 aliphatic carbocycles. The maximum Gasteiger partial charge on any atom is 0.150 e. The third kappa shape index (κ3) is 3.99. The number of pyridine rings is 1. The van der Waals surface area contributed by atoms with Crippen molar-refractivity contribution in [2.24, 2.45) is 0 Å². The molecular weight excluding hydrogens is 268 g/mol. The zero-order valence-corrected chi connectivity index (χ0v) is 12.7. The molecular formula is C16H20N2OS. The van der Waals surface area contributed by atoms with Crippen molar-refractivity contribution in [3.63, 3.8) is 0 Å². The minimum atomic E-state index is 0.799. The quantitative estimate of drug-likeness (QED) is 0.614. The lowest BCUT2D eigenvalue weighted by Gasteiger charge is -2.13. The van der Waals surface area contributed by atoms with Gasteiger partial charge in [-0.25, -0.2) is 0 Å². The van der Waals surface area contributed by atoms with Gasteiger partial charge in [-0.15, -0.1) is 11.8 Å². The molecule has 0 saturated carbocycles. The topological polar surface area (TPSA) is 34.2 Å². The van der Waals surface area contributed by atoms with E-state index in [2.05, 4.69) is 29.5 Å². The Kier molecular flexibility index (Phi) is 5.89. The third-order valence-corrected chi connectivity index (χ3v) is 3.68. The molecule has 0 atom stereocenters. The molecule has 0 aliphatic rings. The number of para-hydroxylation sites is 1. The first kappa shape index (κ1) is 14.9. The molecule has 0 bridgehead atoms. The highest BCUT2D eigenvalue weighted by atomic mass is 32.2. The van der Waals surface area contributed by atoms with Crippen molar-refractivity contribution in [2.75, 3.05) is 12.8 Å². The van der Waals surface area contributed by atoms with Crippen LogP contribution in [0.3, 0.4) is 0 Å². The maximum absolute atomic E-state index is 6.04. The Morgan fingerprint density at radius 2 is 2.05 bits per heavy atom. The van der Waals surface area contributed by atoms with Gasteiger partial charge in [0.25, 0.3) is 0 Å². The van der Waals surface area contributed by atoms with Crippen molar-refractivity contribution in [1.29, 1.82) is 0 Å². The van der Waals surface area contributed by atoms with Crippen LogP contribution in [0, 0.1) is 0 Å². The second-order valence-electron chi connectivity index (χ2n) is 4.41. The molecule has 20 heavy (non-hydrogen) atoms.